The van der Waals surface area contributed by atoms with Crippen molar-refractivity contribution in [3.05, 3.63) is 65.9 Å². The zero-order valence-electron chi connectivity index (χ0n) is 16.9. The van der Waals surface area contributed by atoms with Gasteiger partial charge in [-0.05, 0) is 42.3 Å². The molecule has 0 atom stereocenters. The van der Waals surface area contributed by atoms with Crippen molar-refractivity contribution in [1.82, 2.24) is 14.8 Å². The van der Waals surface area contributed by atoms with Crippen LogP contribution in [0.5, 0.6) is 0 Å². The number of rotatable bonds is 5. The second kappa shape index (κ2) is 8.41. The molecule has 7 heteroatoms. The molecule has 1 aliphatic heterocycles. The number of hydrogen-bond donors (Lipinski definition) is 2. The second-order valence-electron chi connectivity index (χ2n) is 7.48. The second-order valence-corrected chi connectivity index (χ2v) is 7.48. The first-order valence-electron chi connectivity index (χ1n) is 10.00. The van der Waals surface area contributed by atoms with Gasteiger partial charge >= 0.3 is 0 Å². The number of aryl methyl sites for hydroxylation is 2. The van der Waals surface area contributed by atoms with E-state index in [0.29, 0.717) is 37.2 Å². The number of hydrogen-bond acceptors (Lipinski definition) is 3. The summed E-state index contributed by atoms with van der Waals surface area (Å²) in [4.78, 5) is 37.9. The first-order valence-corrected chi connectivity index (χ1v) is 10.00. The average Bonchev–Trinajstić information content (AvgIpc) is 3.08. The molecule has 1 aromatic heterocycles. The number of amides is 3. The number of anilines is 1. The smallest absolute Gasteiger partial charge is 0.254 e. The fraction of sp³-hybridized carbons (Fsp3) is 0.261. The number of piperazine rings is 1. The number of fused-ring (bicyclic) bond motifs is 1. The molecule has 7 nitrogen and oxygen atoms in total. The molecule has 4 rings (SSSR count). The van der Waals surface area contributed by atoms with Gasteiger partial charge in [0.25, 0.3) is 5.91 Å². The van der Waals surface area contributed by atoms with Crippen molar-refractivity contribution < 1.29 is 14.4 Å². The highest BCUT2D eigenvalue weighted by molar-refractivity contribution is 5.98. The quantitative estimate of drug-likeness (QED) is 0.685. The molecule has 0 spiro atoms. The molecular formula is C23H24N4O3. The van der Waals surface area contributed by atoms with Crippen LogP contribution in [-0.4, -0.2) is 46.8 Å². The van der Waals surface area contributed by atoms with Gasteiger partial charge in [-0.3, -0.25) is 14.4 Å². The first-order chi connectivity index (χ1) is 14.5. The molecule has 0 unspecified atom stereocenters. The maximum atomic E-state index is 12.5. The fourth-order valence-electron chi connectivity index (χ4n) is 3.79. The van der Waals surface area contributed by atoms with E-state index in [0.717, 1.165) is 11.1 Å². The molecule has 0 bridgehead atoms. The predicted octanol–water partition coefficient (Wildman–Crippen LogP) is 2.32. The van der Waals surface area contributed by atoms with Crippen LogP contribution in [0.4, 0.5) is 5.69 Å². The van der Waals surface area contributed by atoms with Gasteiger partial charge in [-0.25, -0.2) is 0 Å². The van der Waals surface area contributed by atoms with Gasteiger partial charge in [0.2, 0.25) is 11.8 Å². The van der Waals surface area contributed by atoms with Gasteiger partial charge in [0, 0.05) is 54.9 Å². The monoisotopic (exact) mass is 404 g/mol. The molecule has 3 aromatic rings. The highest BCUT2D eigenvalue weighted by atomic mass is 16.2. The van der Waals surface area contributed by atoms with Crippen molar-refractivity contribution in [1.29, 1.82) is 0 Å². The van der Waals surface area contributed by atoms with E-state index >= 15 is 0 Å². The molecule has 0 radical (unpaired) electrons. The summed E-state index contributed by atoms with van der Waals surface area (Å²) < 4.78 is 2.07. The minimum Gasteiger partial charge on any atom is -0.353 e. The summed E-state index contributed by atoms with van der Waals surface area (Å²) in [5, 5.41) is 6.76. The Labute approximate surface area is 174 Å². The molecule has 3 amide bonds. The lowest BCUT2D eigenvalue weighted by Gasteiger charge is -2.26. The van der Waals surface area contributed by atoms with Gasteiger partial charge in [-0.1, -0.05) is 18.2 Å². The summed E-state index contributed by atoms with van der Waals surface area (Å²) in [7, 11) is 2.01. The van der Waals surface area contributed by atoms with E-state index in [2.05, 4.69) is 33.5 Å². The lowest BCUT2D eigenvalue weighted by atomic mass is 10.1. The van der Waals surface area contributed by atoms with E-state index in [-0.39, 0.29) is 24.3 Å². The van der Waals surface area contributed by atoms with E-state index in [1.807, 2.05) is 19.2 Å². The van der Waals surface area contributed by atoms with Crippen LogP contribution in [0.2, 0.25) is 0 Å². The zero-order chi connectivity index (χ0) is 21.1. The van der Waals surface area contributed by atoms with Gasteiger partial charge < -0.3 is 20.1 Å². The summed E-state index contributed by atoms with van der Waals surface area (Å²) in [5.41, 5.74) is 3.44. The third kappa shape index (κ3) is 4.20. The Balaban J connectivity index is 1.34. The zero-order valence-corrected chi connectivity index (χ0v) is 16.9. The molecule has 1 saturated heterocycles. The number of benzene rings is 2. The molecule has 154 valence electrons. The number of carbonyl (C=O) groups excluding carboxylic acids is 3. The average molecular weight is 404 g/mol. The molecule has 0 saturated carbocycles. The molecule has 0 aliphatic carbocycles. The van der Waals surface area contributed by atoms with Gasteiger partial charge in [0.15, 0.2) is 0 Å². The van der Waals surface area contributed by atoms with Gasteiger partial charge in [0.1, 0.15) is 0 Å². The third-order valence-electron chi connectivity index (χ3n) is 5.34. The number of nitrogens with zero attached hydrogens (tertiary/aromatic N) is 2. The maximum Gasteiger partial charge on any atom is 0.254 e. The number of para-hydroxylation sites is 1. The van der Waals surface area contributed by atoms with Crippen LogP contribution in [0, 0.1) is 0 Å². The minimum absolute atomic E-state index is 0.0743. The van der Waals surface area contributed by atoms with Crippen LogP contribution in [0.25, 0.3) is 10.9 Å². The predicted molar refractivity (Wildman–Crippen MR) is 115 cm³/mol. The van der Waals surface area contributed by atoms with Crippen LogP contribution in [0.1, 0.15) is 22.3 Å². The van der Waals surface area contributed by atoms with Crippen molar-refractivity contribution >= 4 is 34.3 Å². The fourth-order valence-corrected chi connectivity index (χ4v) is 3.79. The van der Waals surface area contributed by atoms with E-state index in [4.69, 9.17) is 0 Å². The van der Waals surface area contributed by atoms with Crippen molar-refractivity contribution in [2.45, 2.75) is 12.8 Å². The standard InChI is InChI=1S/C23H24N4O3/c1-26-14-17(19-4-2-3-5-20(19)26)8-11-21(28)25-18-9-6-16(7-10-18)23(30)27-13-12-24-22(29)15-27/h2-7,9-10,14H,8,11-13,15H2,1H3,(H,24,29)(H,25,28). The van der Waals surface area contributed by atoms with E-state index in [1.54, 1.807) is 24.3 Å². The highest BCUT2D eigenvalue weighted by Crippen LogP contribution is 2.21. The molecule has 1 aliphatic rings. The summed E-state index contributed by atoms with van der Waals surface area (Å²) >= 11 is 0. The van der Waals surface area contributed by atoms with Crippen molar-refractivity contribution in [2.24, 2.45) is 7.05 Å². The summed E-state index contributed by atoms with van der Waals surface area (Å²) in [6, 6.07) is 14.9. The van der Waals surface area contributed by atoms with Crippen LogP contribution < -0.4 is 10.6 Å². The Morgan fingerprint density at radius 3 is 2.63 bits per heavy atom. The number of carbonyl (C=O) groups is 3. The van der Waals surface area contributed by atoms with Gasteiger partial charge in [-0.2, -0.15) is 0 Å². The number of aromatic nitrogens is 1. The van der Waals surface area contributed by atoms with E-state index < -0.39 is 0 Å². The number of nitrogens with one attached hydrogen (secondary N) is 2. The van der Waals surface area contributed by atoms with Crippen LogP contribution >= 0.6 is 0 Å². The van der Waals surface area contributed by atoms with Crippen LogP contribution in [-0.2, 0) is 23.1 Å². The Morgan fingerprint density at radius 1 is 1.10 bits per heavy atom. The van der Waals surface area contributed by atoms with Gasteiger partial charge in [0.05, 0.1) is 6.54 Å². The third-order valence-corrected chi connectivity index (χ3v) is 5.34. The lowest BCUT2D eigenvalue weighted by Crippen LogP contribution is -2.49. The van der Waals surface area contributed by atoms with Gasteiger partial charge in [-0.15, -0.1) is 0 Å². The molecule has 2 N–H and O–H groups in total. The summed E-state index contributed by atoms with van der Waals surface area (Å²) in [5.74, 6) is -0.405. The normalized spacial score (nSPS) is 13.9. The van der Waals surface area contributed by atoms with E-state index in [1.165, 1.54) is 10.3 Å². The van der Waals surface area contributed by atoms with Crippen molar-refractivity contribution in [2.75, 3.05) is 25.0 Å². The molecule has 30 heavy (non-hydrogen) atoms. The Hall–Kier alpha value is -3.61. The first kappa shape index (κ1) is 19.7. The minimum atomic E-state index is -0.182. The Kier molecular flexibility index (Phi) is 5.52. The molecule has 1 fully saturated rings. The van der Waals surface area contributed by atoms with Crippen LogP contribution in [0.3, 0.4) is 0 Å². The van der Waals surface area contributed by atoms with Crippen molar-refractivity contribution in [3.63, 3.8) is 0 Å². The van der Waals surface area contributed by atoms with Crippen molar-refractivity contribution in [3.8, 4) is 0 Å². The largest absolute Gasteiger partial charge is 0.353 e. The summed E-state index contributed by atoms with van der Waals surface area (Å²) in [6.07, 6.45) is 3.09. The van der Waals surface area contributed by atoms with Crippen LogP contribution in [0.15, 0.2) is 54.7 Å². The molecule has 2 heterocycles. The highest BCUT2D eigenvalue weighted by Gasteiger charge is 2.22. The molecular weight excluding hydrogens is 380 g/mol. The topological polar surface area (TPSA) is 83.4 Å². The SMILES string of the molecule is Cn1cc(CCC(=O)Nc2ccc(C(=O)N3CCNC(=O)C3)cc2)c2ccccc21. The lowest BCUT2D eigenvalue weighted by molar-refractivity contribution is -0.123. The Morgan fingerprint density at radius 2 is 1.87 bits per heavy atom. The van der Waals surface area contributed by atoms with E-state index in [9.17, 15) is 14.4 Å². The summed E-state index contributed by atoms with van der Waals surface area (Å²) in [6.45, 7) is 1.04. The Bertz CT molecular complexity index is 1100. The maximum absolute atomic E-state index is 12.5. The molecule has 2 aromatic carbocycles.